The van der Waals surface area contributed by atoms with Crippen LogP contribution >= 0.6 is 11.3 Å². The van der Waals surface area contributed by atoms with Gasteiger partial charge in [-0.2, -0.15) is 0 Å². The zero-order chi connectivity index (χ0) is 17.0. The summed E-state index contributed by atoms with van der Waals surface area (Å²) in [6.07, 6.45) is 5.31. The maximum absolute atomic E-state index is 13.7. The lowest BCUT2D eigenvalue weighted by molar-refractivity contribution is 0.0932. The molecule has 4 nitrogen and oxygen atoms in total. The third kappa shape index (κ3) is 3.65. The predicted molar refractivity (Wildman–Crippen MR) is 93.5 cm³/mol. The van der Waals surface area contributed by atoms with E-state index in [0.717, 1.165) is 36.3 Å². The van der Waals surface area contributed by atoms with E-state index < -0.39 is 0 Å². The van der Waals surface area contributed by atoms with Crippen molar-refractivity contribution in [3.8, 4) is 0 Å². The van der Waals surface area contributed by atoms with Crippen molar-refractivity contribution in [2.45, 2.75) is 44.1 Å². The molecular formula is C18H22FN3OS. The van der Waals surface area contributed by atoms with E-state index in [4.69, 9.17) is 5.73 Å². The van der Waals surface area contributed by atoms with Crippen LogP contribution in [-0.4, -0.2) is 17.4 Å². The molecule has 0 saturated heterocycles. The minimum atomic E-state index is -0.226. The second-order valence-electron chi connectivity index (χ2n) is 6.36. The number of amides is 1. The molecule has 0 spiro atoms. The van der Waals surface area contributed by atoms with Crippen molar-refractivity contribution >= 4 is 17.2 Å². The summed E-state index contributed by atoms with van der Waals surface area (Å²) in [5.74, 6) is -0.414. The molecule has 0 aliphatic heterocycles. The van der Waals surface area contributed by atoms with Crippen molar-refractivity contribution in [3.05, 3.63) is 51.7 Å². The predicted octanol–water partition coefficient (Wildman–Crippen LogP) is 3.37. The van der Waals surface area contributed by atoms with Gasteiger partial charge < -0.3 is 11.1 Å². The largest absolute Gasteiger partial charge is 0.350 e. The molecule has 0 unspecified atom stereocenters. The van der Waals surface area contributed by atoms with Crippen LogP contribution in [0.1, 0.15) is 53.2 Å². The number of benzene rings is 1. The molecule has 1 heterocycles. The third-order valence-electron chi connectivity index (χ3n) is 4.79. The number of carbonyl (C=O) groups is 1. The van der Waals surface area contributed by atoms with Gasteiger partial charge in [0.2, 0.25) is 0 Å². The Bertz CT molecular complexity index is 710. The van der Waals surface area contributed by atoms with Gasteiger partial charge in [0.1, 0.15) is 16.5 Å². The summed E-state index contributed by atoms with van der Waals surface area (Å²) >= 11 is 1.39. The minimum absolute atomic E-state index is 0.188. The Hall–Kier alpha value is -1.79. The lowest BCUT2D eigenvalue weighted by Crippen LogP contribution is -2.42. The van der Waals surface area contributed by atoms with Crippen LogP contribution in [0.25, 0.3) is 0 Å². The van der Waals surface area contributed by atoms with Gasteiger partial charge in [-0.25, -0.2) is 9.37 Å². The van der Waals surface area contributed by atoms with E-state index in [2.05, 4.69) is 10.3 Å². The van der Waals surface area contributed by atoms with Gasteiger partial charge in [0.15, 0.2) is 0 Å². The summed E-state index contributed by atoms with van der Waals surface area (Å²) < 4.78 is 13.7. The Morgan fingerprint density at radius 3 is 2.79 bits per heavy atom. The number of hydrogen-bond donors (Lipinski definition) is 2. The van der Waals surface area contributed by atoms with E-state index in [-0.39, 0.29) is 17.1 Å². The van der Waals surface area contributed by atoms with Crippen LogP contribution in [0.3, 0.4) is 0 Å². The van der Waals surface area contributed by atoms with E-state index in [1.807, 2.05) is 6.07 Å². The van der Waals surface area contributed by atoms with Gasteiger partial charge >= 0.3 is 0 Å². The fraction of sp³-hybridized carbons (Fsp3) is 0.444. The number of carbonyl (C=O) groups excluding carboxylic acids is 1. The molecular weight excluding hydrogens is 325 g/mol. The average molecular weight is 347 g/mol. The number of nitrogens with zero attached hydrogens (tertiary/aromatic N) is 1. The first kappa shape index (κ1) is 17.0. The van der Waals surface area contributed by atoms with Crippen LogP contribution in [0.4, 0.5) is 4.39 Å². The van der Waals surface area contributed by atoms with E-state index in [1.54, 1.807) is 17.5 Å². The number of nitrogens with two attached hydrogens (primary N) is 1. The van der Waals surface area contributed by atoms with Crippen molar-refractivity contribution < 1.29 is 9.18 Å². The minimum Gasteiger partial charge on any atom is -0.350 e. The first-order valence-electron chi connectivity index (χ1n) is 8.32. The maximum atomic E-state index is 13.7. The lowest BCUT2D eigenvalue weighted by atomic mass is 9.69. The van der Waals surface area contributed by atoms with Crippen LogP contribution in [0.5, 0.6) is 0 Å². The van der Waals surface area contributed by atoms with Gasteiger partial charge in [0.05, 0.1) is 0 Å². The number of nitrogens with one attached hydrogen (secondary N) is 1. The van der Waals surface area contributed by atoms with Gasteiger partial charge in [-0.05, 0) is 30.5 Å². The average Bonchev–Trinajstić information content (AvgIpc) is 3.10. The van der Waals surface area contributed by atoms with E-state index >= 15 is 0 Å². The van der Waals surface area contributed by atoms with Gasteiger partial charge in [-0.3, -0.25) is 4.79 Å². The lowest BCUT2D eigenvalue weighted by Gasteiger charge is -2.38. The molecule has 6 heteroatoms. The summed E-state index contributed by atoms with van der Waals surface area (Å²) in [6, 6.07) is 6.78. The van der Waals surface area contributed by atoms with E-state index in [0.29, 0.717) is 18.8 Å². The van der Waals surface area contributed by atoms with Crippen molar-refractivity contribution in [1.29, 1.82) is 0 Å². The molecule has 0 atom stereocenters. The Morgan fingerprint density at radius 1 is 1.33 bits per heavy atom. The topological polar surface area (TPSA) is 68.0 Å². The van der Waals surface area contributed by atoms with Crippen LogP contribution in [0, 0.1) is 5.82 Å². The quantitative estimate of drug-likeness (QED) is 0.871. The molecule has 1 amide bonds. The number of halogens is 1. The zero-order valence-corrected chi connectivity index (χ0v) is 14.4. The first-order chi connectivity index (χ1) is 11.6. The number of aromatic nitrogens is 1. The van der Waals surface area contributed by atoms with E-state index in [9.17, 15) is 9.18 Å². The standard InChI is InChI=1S/C18H22FN3OS/c19-14-6-4-5-13(9-14)18(7-2-1-3-8-18)12-21-17(23)15-11-24-16(10-20)22-15/h4-6,9,11H,1-3,7-8,10,12,20H2,(H,21,23). The Balaban J connectivity index is 1.76. The van der Waals surface area contributed by atoms with Crippen LogP contribution in [-0.2, 0) is 12.0 Å². The number of thiazole rings is 1. The highest BCUT2D eigenvalue weighted by atomic mass is 32.1. The second-order valence-corrected chi connectivity index (χ2v) is 7.31. The van der Waals surface area contributed by atoms with Crippen LogP contribution in [0.15, 0.2) is 29.6 Å². The van der Waals surface area contributed by atoms with Gasteiger partial charge in [0.25, 0.3) is 5.91 Å². The molecule has 0 radical (unpaired) electrons. The van der Waals surface area contributed by atoms with E-state index in [1.165, 1.54) is 23.8 Å². The fourth-order valence-corrected chi connectivity index (χ4v) is 4.12. The fourth-order valence-electron chi connectivity index (χ4n) is 3.46. The zero-order valence-electron chi connectivity index (χ0n) is 13.6. The van der Waals surface area contributed by atoms with Crippen LogP contribution in [0.2, 0.25) is 0 Å². The molecule has 2 aromatic rings. The maximum Gasteiger partial charge on any atom is 0.270 e. The highest BCUT2D eigenvalue weighted by Crippen LogP contribution is 2.39. The molecule has 1 fully saturated rings. The number of hydrogen-bond acceptors (Lipinski definition) is 4. The molecule has 1 saturated carbocycles. The van der Waals surface area contributed by atoms with Gasteiger partial charge in [-0.15, -0.1) is 11.3 Å². The second kappa shape index (κ2) is 7.40. The van der Waals surface area contributed by atoms with Crippen molar-refractivity contribution in [2.75, 3.05) is 6.54 Å². The van der Waals surface area contributed by atoms with Crippen molar-refractivity contribution in [3.63, 3.8) is 0 Å². The first-order valence-corrected chi connectivity index (χ1v) is 9.20. The molecule has 24 heavy (non-hydrogen) atoms. The molecule has 0 bridgehead atoms. The SMILES string of the molecule is NCc1nc(C(=O)NCC2(c3cccc(F)c3)CCCCC2)cs1. The molecule has 1 aromatic heterocycles. The normalized spacial score (nSPS) is 16.8. The highest BCUT2D eigenvalue weighted by molar-refractivity contribution is 7.09. The van der Waals surface area contributed by atoms with Gasteiger partial charge in [0, 0.05) is 23.9 Å². The molecule has 1 aliphatic rings. The molecule has 3 rings (SSSR count). The van der Waals surface area contributed by atoms with Crippen molar-refractivity contribution in [1.82, 2.24) is 10.3 Å². The highest BCUT2D eigenvalue weighted by Gasteiger charge is 2.34. The summed E-state index contributed by atoms with van der Waals surface area (Å²) in [6.45, 7) is 0.843. The van der Waals surface area contributed by atoms with Gasteiger partial charge in [-0.1, -0.05) is 31.4 Å². The third-order valence-corrected chi connectivity index (χ3v) is 5.67. The summed E-state index contributed by atoms with van der Waals surface area (Å²) in [4.78, 5) is 16.6. The summed E-state index contributed by atoms with van der Waals surface area (Å²) in [7, 11) is 0. The molecule has 3 N–H and O–H groups in total. The smallest absolute Gasteiger partial charge is 0.270 e. The monoisotopic (exact) mass is 347 g/mol. The Labute approximate surface area is 145 Å². The van der Waals surface area contributed by atoms with Crippen LogP contribution < -0.4 is 11.1 Å². The Morgan fingerprint density at radius 2 is 2.12 bits per heavy atom. The molecule has 1 aliphatic carbocycles. The molecule has 1 aromatic carbocycles. The summed E-state index contributed by atoms with van der Waals surface area (Å²) in [5, 5.41) is 5.48. The number of rotatable bonds is 5. The van der Waals surface area contributed by atoms with Crippen molar-refractivity contribution in [2.24, 2.45) is 5.73 Å². The summed E-state index contributed by atoms with van der Waals surface area (Å²) in [5.41, 5.74) is 6.74. The Kier molecular flexibility index (Phi) is 5.26. The molecule has 128 valence electrons.